The summed E-state index contributed by atoms with van der Waals surface area (Å²) in [5.74, 6) is 0.250. The van der Waals surface area contributed by atoms with Crippen LogP contribution in [0.4, 0.5) is 5.69 Å². The Balaban J connectivity index is 1.82. The van der Waals surface area contributed by atoms with Gasteiger partial charge >= 0.3 is 0 Å². The Morgan fingerprint density at radius 2 is 1.84 bits per heavy atom. The molecular formula is C19H19N3O3. The van der Waals surface area contributed by atoms with Crippen molar-refractivity contribution >= 4 is 28.6 Å². The minimum Gasteiger partial charge on any atom is -0.441 e. The molecule has 1 aromatic heterocycles. The number of rotatable bonds is 3. The van der Waals surface area contributed by atoms with Gasteiger partial charge in [0.1, 0.15) is 5.52 Å². The van der Waals surface area contributed by atoms with Gasteiger partial charge in [-0.05, 0) is 48.9 Å². The zero-order chi connectivity index (χ0) is 18.1. The van der Waals surface area contributed by atoms with E-state index in [-0.39, 0.29) is 11.8 Å². The molecule has 0 radical (unpaired) electrons. The molecule has 0 fully saturated rings. The van der Waals surface area contributed by atoms with Crippen molar-refractivity contribution in [2.75, 3.05) is 19.4 Å². The van der Waals surface area contributed by atoms with Gasteiger partial charge in [-0.2, -0.15) is 0 Å². The number of benzene rings is 2. The number of carbonyl (C=O) groups excluding carboxylic acids is 2. The Bertz CT molecular complexity index is 973. The van der Waals surface area contributed by atoms with Crippen LogP contribution in [0.2, 0.25) is 0 Å². The molecule has 0 aliphatic heterocycles. The van der Waals surface area contributed by atoms with E-state index in [0.29, 0.717) is 33.8 Å². The number of amides is 2. The van der Waals surface area contributed by atoms with Gasteiger partial charge in [0, 0.05) is 37.8 Å². The smallest absolute Gasteiger partial charge is 0.255 e. The quantitative estimate of drug-likeness (QED) is 0.795. The molecule has 0 unspecified atom stereocenters. The van der Waals surface area contributed by atoms with E-state index in [1.807, 2.05) is 6.92 Å². The van der Waals surface area contributed by atoms with Crippen LogP contribution in [-0.2, 0) is 0 Å². The number of carbonyl (C=O) groups is 2. The molecule has 6 heteroatoms. The first-order valence-corrected chi connectivity index (χ1v) is 7.86. The molecule has 0 saturated heterocycles. The average molecular weight is 337 g/mol. The minimum absolute atomic E-state index is 0.0674. The fourth-order valence-corrected chi connectivity index (χ4v) is 2.61. The maximum Gasteiger partial charge on any atom is 0.255 e. The lowest BCUT2D eigenvalue weighted by Gasteiger charge is -2.13. The van der Waals surface area contributed by atoms with Gasteiger partial charge in [0.2, 0.25) is 0 Å². The molecule has 128 valence electrons. The van der Waals surface area contributed by atoms with Crippen molar-refractivity contribution < 1.29 is 14.0 Å². The van der Waals surface area contributed by atoms with Crippen molar-refractivity contribution in [1.82, 2.24) is 9.88 Å². The molecule has 2 amide bonds. The van der Waals surface area contributed by atoms with Crippen LogP contribution >= 0.6 is 0 Å². The van der Waals surface area contributed by atoms with E-state index in [2.05, 4.69) is 10.3 Å². The number of hydrogen-bond donors (Lipinski definition) is 1. The molecule has 0 bridgehead atoms. The Morgan fingerprint density at radius 3 is 2.52 bits per heavy atom. The van der Waals surface area contributed by atoms with Crippen LogP contribution in [0.25, 0.3) is 11.1 Å². The second kappa shape index (κ2) is 6.39. The summed E-state index contributed by atoms with van der Waals surface area (Å²) in [5, 5.41) is 2.84. The van der Waals surface area contributed by atoms with E-state index >= 15 is 0 Å². The van der Waals surface area contributed by atoms with E-state index in [1.54, 1.807) is 57.4 Å². The highest BCUT2D eigenvalue weighted by Gasteiger charge is 2.13. The fraction of sp³-hybridized carbons (Fsp3) is 0.211. The number of nitrogens with one attached hydrogen (secondary N) is 1. The van der Waals surface area contributed by atoms with Crippen molar-refractivity contribution in [3.05, 3.63) is 59.0 Å². The fourth-order valence-electron chi connectivity index (χ4n) is 2.61. The normalized spacial score (nSPS) is 10.7. The zero-order valence-corrected chi connectivity index (χ0v) is 14.6. The maximum atomic E-state index is 12.5. The number of oxazole rings is 1. The van der Waals surface area contributed by atoms with E-state index < -0.39 is 0 Å². The molecule has 6 nitrogen and oxygen atoms in total. The van der Waals surface area contributed by atoms with Crippen LogP contribution in [0.15, 0.2) is 40.8 Å². The van der Waals surface area contributed by atoms with Gasteiger partial charge in [-0.15, -0.1) is 0 Å². The van der Waals surface area contributed by atoms with Gasteiger partial charge in [-0.3, -0.25) is 9.59 Å². The summed E-state index contributed by atoms with van der Waals surface area (Å²) < 4.78 is 5.41. The van der Waals surface area contributed by atoms with E-state index in [0.717, 1.165) is 5.56 Å². The maximum absolute atomic E-state index is 12.5. The molecule has 3 aromatic rings. The van der Waals surface area contributed by atoms with Crippen LogP contribution in [0.1, 0.15) is 32.2 Å². The van der Waals surface area contributed by atoms with E-state index in [1.165, 1.54) is 4.90 Å². The standard InChI is InChI=1S/C19H19N3O3/c1-11-9-14(6-7-15(11)19(24)22(3)4)21-18(23)13-5-8-17-16(10-13)20-12(2)25-17/h5-10H,1-4H3,(H,21,23). The molecule has 25 heavy (non-hydrogen) atoms. The molecule has 0 saturated carbocycles. The van der Waals surface area contributed by atoms with Crippen LogP contribution in [0.3, 0.4) is 0 Å². The van der Waals surface area contributed by atoms with Crippen molar-refractivity contribution in [3.63, 3.8) is 0 Å². The number of anilines is 1. The predicted molar refractivity (Wildman–Crippen MR) is 95.9 cm³/mol. The second-order valence-electron chi connectivity index (χ2n) is 6.10. The summed E-state index contributed by atoms with van der Waals surface area (Å²) in [6.45, 7) is 3.61. The van der Waals surface area contributed by atoms with Crippen molar-refractivity contribution in [3.8, 4) is 0 Å². The molecule has 0 aliphatic carbocycles. The summed E-state index contributed by atoms with van der Waals surface area (Å²) in [6.07, 6.45) is 0. The third-order valence-corrected chi connectivity index (χ3v) is 3.88. The molecule has 0 atom stereocenters. The van der Waals surface area contributed by atoms with Crippen LogP contribution in [-0.4, -0.2) is 35.8 Å². The summed E-state index contributed by atoms with van der Waals surface area (Å²) >= 11 is 0. The first-order chi connectivity index (χ1) is 11.8. The molecule has 0 aliphatic rings. The molecule has 3 rings (SSSR count). The highest BCUT2D eigenvalue weighted by Crippen LogP contribution is 2.20. The summed E-state index contributed by atoms with van der Waals surface area (Å²) in [5.41, 5.74) is 3.84. The van der Waals surface area contributed by atoms with E-state index in [9.17, 15) is 9.59 Å². The zero-order valence-electron chi connectivity index (χ0n) is 14.6. The molecule has 2 aromatic carbocycles. The largest absolute Gasteiger partial charge is 0.441 e. The minimum atomic E-state index is -0.242. The average Bonchev–Trinajstić information content (AvgIpc) is 2.93. The van der Waals surface area contributed by atoms with Crippen molar-refractivity contribution in [2.45, 2.75) is 13.8 Å². The lowest BCUT2D eigenvalue weighted by molar-refractivity contribution is 0.0826. The van der Waals surface area contributed by atoms with Gasteiger partial charge in [0.15, 0.2) is 11.5 Å². The van der Waals surface area contributed by atoms with Gasteiger partial charge in [-0.1, -0.05) is 0 Å². The molecule has 1 N–H and O–H groups in total. The number of fused-ring (bicyclic) bond motifs is 1. The Labute approximate surface area is 145 Å². The lowest BCUT2D eigenvalue weighted by Crippen LogP contribution is -2.22. The Morgan fingerprint density at radius 1 is 1.08 bits per heavy atom. The molecule has 0 spiro atoms. The van der Waals surface area contributed by atoms with Gasteiger partial charge in [-0.25, -0.2) is 4.98 Å². The predicted octanol–water partition coefficient (Wildman–Crippen LogP) is 3.40. The van der Waals surface area contributed by atoms with Gasteiger partial charge < -0.3 is 14.6 Å². The molecule has 1 heterocycles. The lowest BCUT2D eigenvalue weighted by atomic mass is 10.1. The topological polar surface area (TPSA) is 75.4 Å². The van der Waals surface area contributed by atoms with Crippen molar-refractivity contribution in [2.24, 2.45) is 0 Å². The summed E-state index contributed by atoms with van der Waals surface area (Å²) in [6, 6.07) is 10.3. The van der Waals surface area contributed by atoms with Gasteiger partial charge in [0.25, 0.3) is 11.8 Å². The highest BCUT2D eigenvalue weighted by molar-refractivity contribution is 6.06. The third kappa shape index (κ3) is 3.38. The Kier molecular flexibility index (Phi) is 4.27. The monoisotopic (exact) mass is 337 g/mol. The number of aryl methyl sites for hydroxylation is 2. The number of nitrogens with zero attached hydrogens (tertiary/aromatic N) is 2. The van der Waals surface area contributed by atoms with Crippen molar-refractivity contribution in [1.29, 1.82) is 0 Å². The number of hydrogen-bond acceptors (Lipinski definition) is 4. The molecular weight excluding hydrogens is 318 g/mol. The SMILES string of the molecule is Cc1nc2cc(C(=O)Nc3ccc(C(=O)N(C)C)c(C)c3)ccc2o1. The van der Waals surface area contributed by atoms with E-state index in [4.69, 9.17) is 4.42 Å². The second-order valence-corrected chi connectivity index (χ2v) is 6.10. The van der Waals surface area contributed by atoms with Gasteiger partial charge in [0.05, 0.1) is 0 Å². The van der Waals surface area contributed by atoms with Crippen LogP contribution in [0.5, 0.6) is 0 Å². The van der Waals surface area contributed by atoms with Crippen LogP contribution < -0.4 is 5.32 Å². The summed E-state index contributed by atoms with van der Waals surface area (Å²) in [7, 11) is 3.42. The Hall–Kier alpha value is -3.15. The number of aromatic nitrogens is 1. The first-order valence-electron chi connectivity index (χ1n) is 7.86. The first kappa shape index (κ1) is 16.7. The highest BCUT2D eigenvalue weighted by atomic mass is 16.3. The van der Waals surface area contributed by atoms with Crippen LogP contribution in [0, 0.1) is 13.8 Å². The summed E-state index contributed by atoms with van der Waals surface area (Å²) in [4.78, 5) is 30.3. The third-order valence-electron chi connectivity index (χ3n) is 3.88.